The normalized spacial score (nSPS) is 10.0. The maximum absolute atomic E-state index is 11.8. The summed E-state index contributed by atoms with van der Waals surface area (Å²) < 4.78 is 4.93. The molecule has 0 unspecified atom stereocenters. The van der Waals surface area contributed by atoms with E-state index in [-0.39, 0.29) is 5.91 Å². The molecule has 6 heteroatoms. The van der Waals surface area contributed by atoms with Crippen molar-refractivity contribution in [3.05, 3.63) is 34.7 Å². The number of amides is 1. The van der Waals surface area contributed by atoms with Gasteiger partial charge in [0.05, 0.1) is 23.9 Å². The molecule has 1 amide bonds. The maximum Gasteiger partial charge on any atom is 0.265 e. The van der Waals surface area contributed by atoms with Gasteiger partial charge in [-0.2, -0.15) is 0 Å². The number of hydrogen-bond donors (Lipinski definition) is 2. The second-order valence-electron chi connectivity index (χ2n) is 3.21. The van der Waals surface area contributed by atoms with Gasteiger partial charge in [0.1, 0.15) is 0 Å². The summed E-state index contributed by atoms with van der Waals surface area (Å²) >= 11 is 5.50. The van der Waals surface area contributed by atoms with Crippen molar-refractivity contribution in [1.82, 2.24) is 4.98 Å². The Morgan fingerprint density at radius 1 is 1.53 bits per heavy atom. The first-order valence-electron chi connectivity index (χ1n) is 4.78. The zero-order valence-corrected chi connectivity index (χ0v) is 10.7. The number of thiophene rings is 1. The van der Waals surface area contributed by atoms with Crippen LogP contribution in [0.3, 0.4) is 0 Å². The van der Waals surface area contributed by atoms with Crippen LogP contribution in [0.1, 0.15) is 9.67 Å². The van der Waals surface area contributed by atoms with Crippen LogP contribution in [0.2, 0.25) is 0 Å². The van der Waals surface area contributed by atoms with E-state index in [9.17, 15) is 4.79 Å². The van der Waals surface area contributed by atoms with Gasteiger partial charge in [0.25, 0.3) is 5.91 Å². The first-order chi connectivity index (χ1) is 8.19. The van der Waals surface area contributed by atoms with E-state index in [1.807, 2.05) is 5.38 Å². The van der Waals surface area contributed by atoms with E-state index in [0.29, 0.717) is 16.4 Å². The number of carbonyl (C=O) groups is 1. The zero-order valence-electron chi connectivity index (χ0n) is 9.01. The summed E-state index contributed by atoms with van der Waals surface area (Å²) in [5.74, 6) is 0.346. The van der Waals surface area contributed by atoms with Crippen LogP contribution in [-0.2, 0) is 0 Å². The second kappa shape index (κ2) is 5.20. The molecule has 2 aromatic rings. The number of nitrogens with zero attached hydrogens (tertiary/aromatic N) is 1. The molecule has 88 valence electrons. The Morgan fingerprint density at radius 3 is 2.88 bits per heavy atom. The summed E-state index contributed by atoms with van der Waals surface area (Å²) in [6.45, 7) is 0. The minimum Gasteiger partial charge on any atom is -0.481 e. The van der Waals surface area contributed by atoms with Gasteiger partial charge in [-0.1, -0.05) is 0 Å². The maximum atomic E-state index is 11.8. The first kappa shape index (κ1) is 11.9. The molecular formula is C11H10N2O2S2. The Morgan fingerprint density at radius 2 is 2.35 bits per heavy atom. The van der Waals surface area contributed by atoms with Crippen LogP contribution in [0.25, 0.3) is 0 Å². The van der Waals surface area contributed by atoms with E-state index in [4.69, 9.17) is 4.74 Å². The molecule has 0 bridgehead atoms. The number of ether oxygens (including phenoxy) is 1. The zero-order chi connectivity index (χ0) is 12.3. The molecule has 0 saturated heterocycles. The predicted molar refractivity (Wildman–Crippen MR) is 70.3 cm³/mol. The SMILES string of the molecule is COc1ccc(NC(=O)c2cc(S)cs2)cn1. The fourth-order valence-electron chi connectivity index (χ4n) is 1.21. The van der Waals surface area contributed by atoms with Gasteiger partial charge >= 0.3 is 0 Å². The third-order valence-electron chi connectivity index (χ3n) is 2.01. The fourth-order valence-corrected chi connectivity index (χ4v) is 2.26. The number of nitrogens with one attached hydrogen (secondary N) is 1. The highest BCUT2D eigenvalue weighted by molar-refractivity contribution is 7.80. The molecule has 2 rings (SSSR count). The molecule has 2 heterocycles. The van der Waals surface area contributed by atoms with Gasteiger partial charge < -0.3 is 10.1 Å². The third-order valence-corrected chi connectivity index (χ3v) is 3.37. The quantitative estimate of drug-likeness (QED) is 0.840. The molecule has 0 fully saturated rings. The minimum absolute atomic E-state index is 0.165. The lowest BCUT2D eigenvalue weighted by molar-refractivity contribution is 0.103. The van der Waals surface area contributed by atoms with Crippen molar-refractivity contribution in [1.29, 1.82) is 0 Å². The standard InChI is InChI=1S/C11H10N2O2S2/c1-15-10-3-2-7(5-12-10)13-11(14)9-4-8(16)6-17-9/h2-6,16H,1H3,(H,13,14). The van der Waals surface area contributed by atoms with Crippen molar-refractivity contribution in [2.24, 2.45) is 0 Å². The molecule has 0 aliphatic carbocycles. The van der Waals surface area contributed by atoms with Gasteiger partial charge in [0.15, 0.2) is 0 Å². The molecule has 0 aromatic carbocycles. The van der Waals surface area contributed by atoms with Crippen LogP contribution < -0.4 is 10.1 Å². The highest BCUT2D eigenvalue weighted by Gasteiger charge is 2.08. The summed E-state index contributed by atoms with van der Waals surface area (Å²) in [7, 11) is 1.54. The molecule has 0 aliphatic rings. The highest BCUT2D eigenvalue weighted by atomic mass is 32.1. The Bertz CT molecular complexity index is 523. The Labute approximate surface area is 108 Å². The van der Waals surface area contributed by atoms with Gasteiger partial charge in [-0.05, 0) is 12.1 Å². The van der Waals surface area contributed by atoms with Crippen molar-refractivity contribution in [3.8, 4) is 5.88 Å². The smallest absolute Gasteiger partial charge is 0.265 e. The van der Waals surface area contributed by atoms with Crippen LogP contribution in [-0.4, -0.2) is 18.0 Å². The number of methoxy groups -OCH3 is 1. The Kier molecular flexibility index (Phi) is 3.65. The topological polar surface area (TPSA) is 51.2 Å². The van der Waals surface area contributed by atoms with E-state index in [2.05, 4.69) is 22.9 Å². The molecular weight excluding hydrogens is 256 g/mol. The Balaban J connectivity index is 2.07. The monoisotopic (exact) mass is 266 g/mol. The Hall–Kier alpha value is -1.53. The molecule has 0 spiro atoms. The molecule has 17 heavy (non-hydrogen) atoms. The van der Waals surface area contributed by atoms with Gasteiger partial charge in [0, 0.05) is 16.3 Å². The van der Waals surface area contributed by atoms with Gasteiger partial charge in [0.2, 0.25) is 5.88 Å². The summed E-state index contributed by atoms with van der Waals surface area (Å²) in [4.78, 5) is 17.2. The van der Waals surface area contributed by atoms with Gasteiger partial charge in [-0.25, -0.2) is 4.98 Å². The van der Waals surface area contributed by atoms with Crippen molar-refractivity contribution >= 4 is 35.6 Å². The van der Waals surface area contributed by atoms with Gasteiger partial charge in [-0.15, -0.1) is 24.0 Å². The number of thiol groups is 1. The van der Waals surface area contributed by atoms with E-state index in [0.717, 1.165) is 4.90 Å². The summed E-state index contributed by atoms with van der Waals surface area (Å²) in [6, 6.07) is 5.15. The van der Waals surface area contributed by atoms with Crippen molar-refractivity contribution in [2.45, 2.75) is 4.90 Å². The van der Waals surface area contributed by atoms with E-state index in [1.165, 1.54) is 11.3 Å². The molecule has 0 radical (unpaired) electrons. The predicted octanol–water partition coefficient (Wildman–Crippen LogP) is 2.69. The largest absolute Gasteiger partial charge is 0.481 e. The number of hydrogen-bond acceptors (Lipinski definition) is 5. The highest BCUT2D eigenvalue weighted by Crippen LogP contribution is 2.19. The molecule has 0 aliphatic heterocycles. The lowest BCUT2D eigenvalue weighted by Gasteiger charge is -2.03. The van der Waals surface area contributed by atoms with Crippen molar-refractivity contribution < 1.29 is 9.53 Å². The lowest BCUT2D eigenvalue weighted by atomic mass is 10.4. The van der Waals surface area contributed by atoms with E-state index >= 15 is 0 Å². The summed E-state index contributed by atoms with van der Waals surface area (Å²) in [6.07, 6.45) is 1.55. The number of anilines is 1. The average molecular weight is 266 g/mol. The third kappa shape index (κ3) is 2.98. The van der Waals surface area contributed by atoms with Crippen LogP contribution in [0, 0.1) is 0 Å². The molecule has 1 N–H and O–H groups in total. The van der Waals surface area contributed by atoms with Crippen LogP contribution in [0.15, 0.2) is 34.7 Å². The van der Waals surface area contributed by atoms with Crippen molar-refractivity contribution in [2.75, 3.05) is 12.4 Å². The fraction of sp³-hybridized carbons (Fsp3) is 0.0909. The number of carbonyl (C=O) groups excluding carboxylic acids is 1. The summed E-state index contributed by atoms with van der Waals surface area (Å²) in [5.41, 5.74) is 0.630. The van der Waals surface area contributed by atoms with E-state index in [1.54, 1.807) is 31.5 Å². The van der Waals surface area contributed by atoms with Crippen LogP contribution in [0.4, 0.5) is 5.69 Å². The number of aromatic nitrogens is 1. The van der Waals surface area contributed by atoms with Crippen molar-refractivity contribution in [3.63, 3.8) is 0 Å². The molecule has 4 nitrogen and oxygen atoms in total. The molecule has 2 aromatic heterocycles. The number of rotatable bonds is 3. The van der Waals surface area contributed by atoms with E-state index < -0.39 is 0 Å². The van der Waals surface area contributed by atoms with Crippen LogP contribution >= 0.6 is 24.0 Å². The minimum atomic E-state index is -0.165. The average Bonchev–Trinajstić information content (AvgIpc) is 2.77. The molecule has 0 saturated carbocycles. The first-order valence-corrected chi connectivity index (χ1v) is 6.10. The van der Waals surface area contributed by atoms with Gasteiger partial charge in [-0.3, -0.25) is 4.79 Å². The lowest BCUT2D eigenvalue weighted by Crippen LogP contribution is -2.10. The second-order valence-corrected chi connectivity index (χ2v) is 4.64. The molecule has 0 atom stereocenters. The number of pyridine rings is 1. The summed E-state index contributed by atoms with van der Waals surface area (Å²) in [5, 5.41) is 4.55. The van der Waals surface area contributed by atoms with Crippen LogP contribution in [0.5, 0.6) is 5.88 Å².